The van der Waals surface area contributed by atoms with Crippen LogP contribution in [0.2, 0.25) is 5.02 Å². The Morgan fingerprint density at radius 1 is 1.00 bits per heavy atom. The van der Waals surface area contributed by atoms with Gasteiger partial charge in [-0.1, -0.05) is 11.6 Å². The lowest BCUT2D eigenvalue weighted by atomic mass is 10.2. The molecule has 0 radical (unpaired) electrons. The Morgan fingerprint density at radius 3 is 2.33 bits per heavy atom. The minimum absolute atomic E-state index is 0.0635. The lowest BCUT2D eigenvalue weighted by molar-refractivity contribution is -0.137. The number of hydrogen-bond acceptors (Lipinski definition) is 4. The van der Waals surface area contributed by atoms with Crippen molar-refractivity contribution in [2.45, 2.75) is 19.0 Å². The number of nitrogens with one attached hydrogen (secondary N) is 3. The largest absolute Gasteiger partial charge is 0.417 e. The van der Waals surface area contributed by atoms with Gasteiger partial charge in [0.15, 0.2) is 5.82 Å². The predicted molar refractivity (Wildman–Crippen MR) is 105 cm³/mol. The van der Waals surface area contributed by atoms with Gasteiger partial charge in [-0.25, -0.2) is 0 Å². The lowest BCUT2D eigenvalue weighted by Crippen LogP contribution is -2.18. The van der Waals surface area contributed by atoms with Gasteiger partial charge in [-0.05, 0) is 30.3 Å². The first kappa shape index (κ1) is 21.3. The molecule has 156 valence electrons. The van der Waals surface area contributed by atoms with Crippen LogP contribution < -0.4 is 10.6 Å². The number of aromatic nitrogens is 3. The molecule has 0 aliphatic carbocycles. The fourth-order valence-electron chi connectivity index (χ4n) is 2.54. The SMILES string of the molecule is O=C(CCC(=O)Nc1cc(-c2ccncc2)[nH]n1)Nc1ccc(Cl)c(C(F)(F)F)c1. The highest BCUT2D eigenvalue weighted by Crippen LogP contribution is 2.36. The van der Waals surface area contributed by atoms with E-state index >= 15 is 0 Å². The Labute approximate surface area is 173 Å². The van der Waals surface area contributed by atoms with Crippen molar-refractivity contribution in [1.82, 2.24) is 15.2 Å². The summed E-state index contributed by atoms with van der Waals surface area (Å²) in [7, 11) is 0. The van der Waals surface area contributed by atoms with Gasteiger partial charge in [0.25, 0.3) is 0 Å². The second kappa shape index (κ2) is 8.95. The average molecular weight is 438 g/mol. The molecule has 3 rings (SSSR count). The summed E-state index contributed by atoms with van der Waals surface area (Å²) < 4.78 is 38.6. The quantitative estimate of drug-likeness (QED) is 0.528. The van der Waals surface area contributed by atoms with Gasteiger partial charge in [-0.3, -0.25) is 19.7 Å². The zero-order valence-electron chi connectivity index (χ0n) is 15.3. The van der Waals surface area contributed by atoms with Crippen LogP contribution in [0.25, 0.3) is 11.3 Å². The van der Waals surface area contributed by atoms with Crippen LogP contribution in [0.1, 0.15) is 18.4 Å². The highest BCUT2D eigenvalue weighted by Gasteiger charge is 2.33. The number of carbonyl (C=O) groups excluding carboxylic acids is 2. The van der Waals surface area contributed by atoms with Crippen molar-refractivity contribution in [2.24, 2.45) is 0 Å². The van der Waals surface area contributed by atoms with Gasteiger partial charge < -0.3 is 10.6 Å². The van der Waals surface area contributed by atoms with E-state index in [1.807, 2.05) is 0 Å². The molecule has 2 aromatic heterocycles. The summed E-state index contributed by atoms with van der Waals surface area (Å²) in [6, 6.07) is 8.20. The molecule has 0 fully saturated rings. The molecule has 0 saturated heterocycles. The van der Waals surface area contributed by atoms with Crippen molar-refractivity contribution in [3.63, 3.8) is 0 Å². The van der Waals surface area contributed by atoms with Crippen LogP contribution in [0.4, 0.5) is 24.7 Å². The zero-order valence-corrected chi connectivity index (χ0v) is 16.0. The van der Waals surface area contributed by atoms with E-state index in [4.69, 9.17) is 11.6 Å². The normalized spacial score (nSPS) is 11.2. The Morgan fingerprint density at radius 2 is 1.67 bits per heavy atom. The van der Waals surface area contributed by atoms with Crippen molar-refractivity contribution >= 4 is 34.9 Å². The molecule has 11 heteroatoms. The van der Waals surface area contributed by atoms with Gasteiger partial charge in [0, 0.05) is 42.6 Å². The molecule has 2 amide bonds. The number of benzene rings is 1. The van der Waals surface area contributed by atoms with Crippen molar-refractivity contribution < 1.29 is 22.8 Å². The lowest BCUT2D eigenvalue weighted by Gasteiger charge is -2.11. The van der Waals surface area contributed by atoms with Gasteiger partial charge in [-0.2, -0.15) is 18.3 Å². The van der Waals surface area contributed by atoms with Gasteiger partial charge in [0.05, 0.1) is 16.3 Å². The highest BCUT2D eigenvalue weighted by molar-refractivity contribution is 6.31. The summed E-state index contributed by atoms with van der Waals surface area (Å²) in [6.45, 7) is 0. The van der Waals surface area contributed by atoms with Gasteiger partial charge in [0.2, 0.25) is 11.8 Å². The maximum absolute atomic E-state index is 12.9. The molecule has 0 atom stereocenters. The summed E-state index contributed by atoms with van der Waals surface area (Å²) in [4.78, 5) is 27.9. The zero-order chi connectivity index (χ0) is 21.7. The standard InChI is InChI=1S/C19H15ClF3N5O2/c20-14-2-1-12(9-13(14)19(21,22)23)25-17(29)3-4-18(30)26-16-10-15(27-28-16)11-5-7-24-8-6-11/h1-2,5-10H,3-4H2,(H,25,29)(H2,26,27,28,30). The van der Waals surface area contributed by atoms with Gasteiger partial charge >= 0.3 is 6.18 Å². The summed E-state index contributed by atoms with van der Waals surface area (Å²) in [5.74, 6) is -0.801. The van der Waals surface area contributed by atoms with E-state index in [1.165, 1.54) is 6.07 Å². The molecule has 1 aromatic carbocycles. The number of halogens is 4. The van der Waals surface area contributed by atoms with Crippen molar-refractivity contribution in [1.29, 1.82) is 0 Å². The van der Waals surface area contributed by atoms with Crippen LogP contribution >= 0.6 is 11.6 Å². The molecule has 7 nitrogen and oxygen atoms in total. The molecule has 0 unspecified atom stereocenters. The van der Waals surface area contributed by atoms with Gasteiger partial charge in [0.1, 0.15) is 0 Å². The Hall–Kier alpha value is -3.40. The minimum Gasteiger partial charge on any atom is -0.326 e. The molecule has 30 heavy (non-hydrogen) atoms. The number of H-pyrrole nitrogens is 1. The number of aromatic amines is 1. The second-order valence-corrected chi connectivity index (χ2v) is 6.60. The number of pyridine rings is 1. The molecule has 0 spiro atoms. The third-order valence-electron chi connectivity index (χ3n) is 3.97. The van der Waals surface area contributed by atoms with E-state index in [0.717, 1.165) is 17.7 Å². The molecule has 0 bridgehead atoms. The van der Waals surface area contributed by atoms with Crippen LogP contribution in [0.15, 0.2) is 48.8 Å². The third kappa shape index (κ3) is 5.57. The molecular formula is C19H15ClF3N5O2. The number of anilines is 2. The summed E-state index contributed by atoms with van der Waals surface area (Å²) in [5.41, 5.74) is 0.391. The van der Waals surface area contributed by atoms with Crippen molar-refractivity contribution in [3.8, 4) is 11.3 Å². The number of rotatable bonds is 6. The van der Waals surface area contributed by atoms with Crippen LogP contribution in [0.5, 0.6) is 0 Å². The number of alkyl halides is 3. The smallest absolute Gasteiger partial charge is 0.326 e. The van der Waals surface area contributed by atoms with Crippen LogP contribution in [-0.4, -0.2) is 27.0 Å². The molecule has 0 aliphatic rings. The minimum atomic E-state index is -4.64. The Balaban J connectivity index is 1.52. The van der Waals surface area contributed by atoms with E-state index in [2.05, 4.69) is 25.8 Å². The Bertz CT molecular complexity index is 1050. The summed E-state index contributed by atoms with van der Waals surface area (Å²) in [6.07, 6.45) is -1.81. The first-order chi connectivity index (χ1) is 14.2. The fraction of sp³-hybridized carbons (Fsp3) is 0.158. The monoisotopic (exact) mass is 437 g/mol. The molecular weight excluding hydrogens is 423 g/mol. The predicted octanol–water partition coefficient (Wildman–Crippen LogP) is 4.50. The topological polar surface area (TPSA) is 99.8 Å². The number of nitrogens with zero attached hydrogens (tertiary/aromatic N) is 2. The maximum Gasteiger partial charge on any atom is 0.417 e. The third-order valence-corrected chi connectivity index (χ3v) is 4.30. The second-order valence-electron chi connectivity index (χ2n) is 6.19. The van der Waals surface area contributed by atoms with Crippen molar-refractivity contribution in [2.75, 3.05) is 10.6 Å². The number of hydrogen-bond donors (Lipinski definition) is 3. The van der Waals surface area contributed by atoms with E-state index in [-0.39, 0.29) is 24.3 Å². The number of carbonyl (C=O) groups is 2. The first-order valence-electron chi connectivity index (χ1n) is 8.64. The van der Waals surface area contributed by atoms with Crippen LogP contribution in [-0.2, 0) is 15.8 Å². The molecule has 0 saturated carbocycles. The maximum atomic E-state index is 12.9. The van der Waals surface area contributed by atoms with E-state index < -0.39 is 28.6 Å². The number of amides is 2. The summed E-state index contributed by atoms with van der Waals surface area (Å²) >= 11 is 5.54. The van der Waals surface area contributed by atoms with Gasteiger partial charge in [-0.15, -0.1) is 0 Å². The van der Waals surface area contributed by atoms with Crippen LogP contribution in [0.3, 0.4) is 0 Å². The highest BCUT2D eigenvalue weighted by atomic mass is 35.5. The molecule has 0 aliphatic heterocycles. The average Bonchev–Trinajstić information content (AvgIpc) is 3.16. The van der Waals surface area contributed by atoms with E-state index in [1.54, 1.807) is 30.6 Å². The van der Waals surface area contributed by atoms with Crippen LogP contribution in [0, 0.1) is 0 Å². The van der Waals surface area contributed by atoms with Crippen molar-refractivity contribution in [3.05, 3.63) is 59.4 Å². The Kier molecular flexibility index (Phi) is 6.36. The summed E-state index contributed by atoms with van der Waals surface area (Å²) in [5, 5.41) is 11.1. The molecule has 3 aromatic rings. The fourth-order valence-corrected chi connectivity index (χ4v) is 2.77. The first-order valence-corrected chi connectivity index (χ1v) is 9.02. The molecule has 3 N–H and O–H groups in total. The van der Waals surface area contributed by atoms with E-state index in [9.17, 15) is 22.8 Å². The molecule has 2 heterocycles. The van der Waals surface area contributed by atoms with E-state index in [0.29, 0.717) is 5.69 Å².